The number of hydrogen-bond acceptors (Lipinski definition) is 6. The van der Waals surface area contributed by atoms with E-state index in [0.717, 1.165) is 4.90 Å². The van der Waals surface area contributed by atoms with E-state index in [2.05, 4.69) is 0 Å². The molecular weight excluding hydrogens is 306 g/mol. The van der Waals surface area contributed by atoms with Crippen LogP contribution in [0.25, 0.3) is 0 Å². The SMILES string of the molecule is COc1ccc2c(c1OC)C(=O)OC2N1C(=O)CCC1C(=O)O. The number of benzene rings is 1. The van der Waals surface area contributed by atoms with Crippen molar-refractivity contribution in [3.63, 3.8) is 0 Å². The van der Waals surface area contributed by atoms with Gasteiger partial charge in [-0.2, -0.15) is 0 Å². The van der Waals surface area contributed by atoms with Gasteiger partial charge in [0.15, 0.2) is 11.5 Å². The summed E-state index contributed by atoms with van der Waals surface area (Å²) in [4.78, 5) is 36.8. The number of methoxy groups -OCH3 is 2. The number of fused-ring (bicyclic) bond motifs is 1. The van der Waals surface area contributed by atoms with Gasteiger partial charge in [-0.25, -0.2) is 9.59 Å². The molecule has 2 heterocycles. The van der Waals surface area contributed by atoms with E-state index in [1.54, 1.807) is 12.1 Å². The molecule has 1 aromatic rings. The highest BCUT2D eigenvalue weighted by molar-refractivity contribution is 5.99. The maximum atomic E-state index is 12.2. The predicted octanol–water partition coefficient (Wildman–Crippen LogP) is 0.948. The van der Waals surface area contributed by atoms with Crippen LogP contribution in [0.2, 0.25) is 0 Å². The Morgan fingerprint density at radius 2 is 2.04 bits per heavy atom. The number of nitrogens with zero attached hydrogens (tertiary/aromatic N) is 1. The summed E-state index contributed by atoms with van der Waals surface area (Å²) in [6, 6.07) is 2.15. The lowest BCUT2D eigenvalue weighted by Crippen LogP contribution is -2.41. The van der Waals surface area contributed by atoms with E-state index in [0.29, 0.717) is 11.3 Å². The molecule has 1 amide bonds. The van der Waals surface area contributed by atoms with Crippen LogP contribution in [0.15, 0.2) is 12.1 Å². The Hall–Kier alpha value is -2.77. The molecule has 8 nitrogen and oxygen atoms in total. The first-order chi connectivity index (χ1) is 11.0. The van der Waals surface area contributed by atoms with Crippen molar-refractivity contribution >= 4 is 17.8 Å². The van der Waals surface area contributed by atoms with Crippen molar-refractivity contribution in [2.75, 3.05) is 14.2 Å². The van der Waals surface area contributed by atoms with Crippen molar-refractivity contribution in [3.05, 3.63) is 23.3 Å². The van der Waals surface area contributed by atoms with Gasteiger partial charge in [0.1, 0.15) is 11.6 Å². The quantitative estimate of drug-likeness (QED) is 0.824. The molecule has 1 N–H and O–H groups in total. The van der Waals surface area contributed by atoms with E-state index < -0.39 is 24.2 Å². The molecule has 0 saturated carbocycles. The third-order valence-electron chi connectivity index (χ3n) is 4.06. The molecular formula is C15H15NO7. The summed E-state index contributed by atoms with van der Waals surface area (Å²) in [6.45, 7) is 0. The van der Waals surface area contributed by atoms with E-state index >= 15 is 0 Å². The van der Waals surface area contributed by atoms with E-state index in [-0.39, 0.29) is 30.1 Å². The van der Waals surface area contributed by atoms with Crippen LogP contribution in [-0.2, 0) is 14.3 Å². The third kappa shape index (κ3) is 2.18. The van der Waals surface area contributed by atoms with Gasteiger partial charge in [0.25, 0.3) is 0 Å². The average molecular weight is 321 g/mol. The lowest BCUT2D eigenvalue weighted by molar-refractivity contribution is -0.154. The zero-order chi connectivity index (χ0) is 16.7. The highest BCUT2D eigenvalue weighted by Crippen LogP contribution is 2.44. The highest BCUT2D eigenvalue weighted by Gasteiger charge is 2.47. The number of carboxylic acids is 1. The molecule has 1 aromatic carbocycles. The van der Waals surface area contributed by atoms with Gasteiger partial charge in [-0.1, -0.05) is 0 Å². The number of aliphatic carboxylic acids is 1. The van der Waals surface area contributed by atoms with Gasteiger partial charge in [-0.05, 0) is 18.6 Å². The fourth-order valence-corrected chi connectivity index (χ4v) is 3.03. The van der Waals surface area contributed by atoms with E-state index in [4.69, 9.17) is 14.2 Å². The fourth-order valence-electron chi connectivity index (χ4n) is 3.03. The maximum Gasteiger partial charge on any atom is 0.344 e. The second-order valence-corrected chi connectivity index (χ2v) is 5.22. The molecule has 2 aliphatic heterocycles. The molecule has 0 radical (unpaired) electrons. The number of ether oxygens (including phenoxy) is 3. The van der Waals surface area contributed by atoms with E-state index in [1.807, 2.05) is 0 Å². The van der Waals surface area contributed by atoms with Crippen LogP contribution < -0.4 is 9.47 Å². The summed E-state index contributed by atoms with van der Waals surface area (Å²) < 4.78 is 15.6. The summed E-state index contributed by atoms with van der Waals surface area (Å²) in [6.07, 6.45) is -0.772. The Labute approximate surface area is 131 Å². The normalized spacial score (nSPS) is 22.8. The number of carboxylic acid groups (broad SMARTS) is 1. The molecule has 2 atom stereocenters. The first-order valence-electron chi connectivity index (χ1n) is 6.99. The van der Waals surface area contributed by atoms with Crippen LogP contribution in [0.1, 0.15) is 35.0 Å². The van der Waals surface area contributed by atoms with Crippen molar-refractivity contribution < 1.29 is 33.7 Å². The molecule has 3 rings (SSSR count). The molecule has 0 bridgehead atoms. The Bertz CT molecular complexity index is 699. The van der Waals surface area contributed by atoms with Crippen LogP contribution in [0.4, 0.5) is 0 Å². The van der Waals surface area contributed by atoms with Gasteiger partial charge in [0.05, 0.1) is 14.2 Å². The van der Waals surface area contributed by atoms with Crippen molar-refractivity contribution in [2.45, 2.75) is 25.1 Å². The molecule has 1 saturated heterocycles. The Balaban J connectivity index is 2.08. The minimum atomic E-state index is -1.12. The van der Waals surface area contributed by atoms with Gasteiger partial charge in [-0.15, -0.1) is 0 Å². The number of amides is 1. The van der Waals surface area contributed by atoms with Crippen LogP contribution in [0.5, 0.6) is 11.5 Å². The summed E-state index contributed by atoms with van der Waals surface area (Å²) in [5.74, 6) is -1.61. The molecule has 122 valence electrons. The predicted molar refractivity (Wildman–Crippen MR) is 75.2 cm³/mol. The summed E-state index contributed by atoms with van der Waals surface area (Å²) in [5, 5.41) is 9.28. The zero-order valence-corrected chi connectivity index (χ0v) is 12.6. The molecule has 2 unspecified atom stereocenters. The van der Waals surface area contributed by atoms with Gasteiger partial charge in [0, 0.05) is 12.0 Å². The Morgan fingerprint density at radius 3 is 2.65 bits per heavy atom. The Morgan fingerprint density at radius 1 is 1.30 bits per heavy atom. The molecule has 0 aromatic heterocycles. The number of likely N-dealkylation sites (tertiary alicyclic amines) is 1. The standard InChI is InChI=1S/C15H15NO7/c1-21-9-5-3-7-11(12(9)22-2)15(20)23-13(7)16-8(14(18)19)4-6-10(16)17/h3,5,8,13H,4,6H2,1-2H3,(H,18,19). The molecule has 0 aliphatic carbocycles. The summed E-state index contributed by atoms with van der Waals surface area (Å²) >= 11 is 0. The van der Waals surface area contributed by atoms with Crippen molar-refractivity contribution in [1.29, 1.82) is 0 Å². The lowest BCUT2D eigenvalue weighted by atomic mass is 10.1. The van der Waals surface area contributed by atoms with Gasteiger partial charge in [0.2, 0.25) is 12.1 Å². The average Bonchev–Trinajstić information content (AvgIpc) is 3.06. The monoisotopic (exact) mass is 321 g/mol. The number of carbonyl (C=O) groups is 3. The second-order valence-electron chi connectivity index (χ2n) is 5.22. The molecule has 2 aliphatic rings. The van der Waals surface area contributed by atoms with Crippen LogP contribution in [0, 0.1) is 0 Å². The topological polar surface area (TPSA) is 102 Å². The summed E-state index contributed by atoms with van der Waals surface area (Å²) in [7, 11) is 2.83. The van der Waals surface area contributed by atoms with Gasteiger partial charge >= 0.3 is 11.9 Å². The van der Waals surface area contributed by atoms with Gasteiger partial charge in [-0.3, -0.25) is 9.69 Å². The van der Waals surface area contributed by atoms with E-state index in [1.165, 1.54) is 14.2 Å². The number of cyclic esters (lactones) is 1. The van der Waals surface area contributed by atoms with Crippen molar-refractivity contribution in [3.8, 4) is 11.5 Å². The van der Waals surface area contributed by atoms with Crippen molar-refractivity contribution in [2.24, 2.45) is 0 Å². The maximum absolute atomic E-state index is 12.2. The third-order valence-corrected chi connectivity index (χ3v) is 4.06. The number of carbonyl (C=O) groups excluding carboxylic acids is 2. The summed E-state index contributed by atoms with van der Waals surface area (Å²) in [5.41, 5.74) is 0.551. The number of rotatable bonds is 4. The largest absolute Gasteiger partial charge is 0.493 e. The minimum Gasteiger partial charge on any atom is -0.493 e. The highest BCUT2D eigenvalue weighted by atomic mass is 16.6. The van der Waals surface area contributed by atoms with Crippen LogP contribution in [0.3, 0.4) is 0 Å². The first kappa shape index (κ1) is 15.1. The minimum absolute atomic E-state index is 0.105. The van der Waals surface area contributed by atoms with Crippen LogP contribution in [-0.4, -0.2) is 48.1 Å². The van der Waals surface area contributed by atoms with Crippen LogP contribution >= 0.6 is 0 Å². The van der Waals surface area contributed by atoms with Gasteiger partial charge < -0.3 is 19.3 Å². The number of esters is 1. The molecule has 8 heteroatoms. The smallest absolute Gasteiger partial charge is 0.344 e. The zero-order valence-electron chi connectivity index (χ0n) is 12.6. The van der Waals surface area contributed by atoms with Crippen molar-refractivity contribution in [1.82, 2.24) is 4.90 Å². The Kier molecular flexibility index (Phi) is 3.59. The molecule has 23 heavy (non-hydrogen) atoms. The molecule has 1 fully saturated rings. The fraction of sp³-hybridized carbons (Fsp3) is 0.400. The lowest BCUT2D eigenvalue weighted by Gasteiger charge is -2.27. The van der Waals surface area contributed by atoms with E-state index in [9.17, 15) is 19.5 Å². The first-order valence-corrected chi connectivity index (χ1v) is 6.99. The number of hydrogen-bond donors (Lipinski definition) is 1. The second kappa shape index (κ2) is 5.45. The molecule has 0 spiro atoms.